The molecule has 0 atom stereocenters. The zero-order chi connectivity index (χ0) is 10.6. The summed E-state index contributed by atoms with van der Waals surface area (Å²) in [6, 6.07) is 4.41. The molecule has 0 saturated heterocycles. The average molecular weight is 214 g/mol. The van der Waals surface area contributed by atoms with E-state index in [0.29, 0.717) is 10.5 Å². The Hall–Kier alpha value is -1.03. The van der Waals surface area contributed by atoms with Gasteiger partial charge in [-0.25, -0.2) is 4.39 Å². The van der Waals surface area contributed by atoms with Crippen LogP contribution in [-0.2, 0) is 11.2 Å². The third-order valence-corrected chi connectivity index (χ3v) is 2.56. The number of aliphatic carboxylic acids is 1. The maximum atomic E-state index is 13.1. The SMILES string of the molecule is CCSc1cc(CC(=O)O)ccc1F. The van der Waals surface area contributed by atoms with Gasteiger partial charge in [-0.2, -0.15) is 0 Å². The number of hydrogen-bond donors (Lipinski definition) is 1. The summed E-state index contributed by atoms with van der Waals surface area (Å²) in [5, 5.41) is 8.56. The van der Waals surface area contributed by atoms with Crippen molar-refractivity contribution in [1.29, 1.82) is 0 Å². The fraction of sp³-hybridized carbons (Fsp3) is 0.300. The van der Waals surface area contributed by atoms with Crippen LogP contribution in [0.1, 0.15) is 12.5 Å². The third kappa shape index (κ3) is 3.03. The van der Waals surface area contributed by atoms with Gasteiger partial charge in [0.25, 0.3) is 0 Å². The molecule has 0 fully saturated rings. The standard InChI is InChI=1S/C10H11FO2S/c1-2-14-9-5-7(6-10(12)13)3-4-8(9)11/h3-5H,2,6H2,1H3,(H,12,13). The van der Waals surface area contributed by atoms with Crippen LogP contribution in [0.2, 0.25) is 0 Å². The van der Waals surface area contributed by atoms with Gasteiger partial charge in [0.2, 0.25) is 0 Å². The van der Waals surface area contributed by atoms with E-state index < -0.39 is 5.97 Å². The second kappa shape index (κ2) is 5.00. The Kier molecular flexibility index (Phi) is 3.95. The van der Waals surface area contributed by atoms with Crippen molar-refractivity contribution < 1.29 is 14.3 Å². The van der Waals surface area contributed by atoms with Gasteiger partial charge in [0.05, 0.1) is 6.42 Å². The zero-order valence-corrected chi connectivity index (χ0v) is 8.60. The molecule has 1 aromatic carbocycles. The molecular formula is C10H11FO2S. The van der Waals surface area contributed by atoms with E-state index in [0.717, 1.165) is 5.75 Å². The second-order valence-electron chi connectivity index (χ2n) is 2.77. The number of carboxylic acids is 1. The van der Waals surface area contributed by atoms with Crippen molar-refractivity contribution in [2.75, 3.05) is 5.75 Å². The first-order valence-corrected chi connectivity index (χ1v) is 5.25. The maximum Gasteiger partial charge on any atom is 0.307 e. The highest BCUT2D eigenvalue weighted by molar-refractivity contribution is 7.99. The van der Waals surface area contributed by atoms with E-state index in [9.17, 15) is 9.18 Å². The molecule has 0 spiro atoms. The summed E-state index contributed by atoms with van der Waals surface area (Å²) in [5.41, 5.74) is 0.634. The van der Waals surface area contributed by atoms with E-state index in [1.165, 1.54) is 23.9 Å². The van der Waals surface area contributed by atoms with Crippen LogP contribution < -0.4 is 0 Å². The molecule has 1 N–H and O–H groups in total. The van der Waals surface area contributed by atoms with Crippen molar-refractivity contribution in [3.63, 3.8) is 0 Å². The van der Waals surface area contributed by atoms with Gasteiger partial charge in [-0.3, -0.25) is 4.79 Å². The quantitative estimate of drug-likeness (QED) is 0.783. The zero-order valence-electron chi connectivity index (χ0n) is 7.79. The molecule has 0 bridgehead atoms. The number of thioether (sulfide) groups is 1. The number of carboxylic acid groups (broad SMARTS) is 1. The summed E-state index contributed by atoms with van der Waals surface area (Å²) >= 11 is 1.38. The molecular weight excluding hydrogens is 203 g/mol. The minimum Gasteiger partial charge on any atom is -0.481 e. The Morgan fingerprint density at radius 1 is 1.57 bits per heavy atom. The van der Waals surface area contributed by atoms with Crippen LogP contribution in [0.4, 0.5) is 4.39 Å². The molecule has 0 amide bonds. The Labute approximate surface area is 86.1 Å². The van der Waals surface area contributed by atoms with E-state index in [1.54, 1.807) is 6.07 Å². The first kappa shape index (κ1) is 11.0. The van der Waals surface area contributed by atoms with Crippen LogP contribution >= 0.6 is 11.8 Å². The highest BCUT2D eigenvalue weighted by Crippen LogP contribution is 2.22. The number of benzene rings is 1. The molecule has 0 heterocycles. The van der Waals surface area contributed by atoms with Gasteiger partial charge in [0.1, 0.15) is 5.82 Å². The molecule has 1 rings (SSSR count). The summed E-state index contributed by atoms with van der Waals surface area (Å²) in [4.78, 5) is 10.9. The monoisotopic (exact) mass is 214 g/mol. The predicted molar refractivity (Wildman–Crippen MR) is 54.1 cm³/mol. The topological polar surface area (TPSA) is 37.3 Å². The van der Waals surface area contributed by atoms with Crippen molar-refractivity contribution in [2.24, 2.45) is 0 Å². The van der Waals surface area contributed by atoms with E-state index in [1.807, 2.05) is 6.92 Å². The van der Waals surface area contributed by atoms with E-state index in [4.69, 9.17) is 5.11 Å². The Morgan fingerprint density at radius 2 is 2.29 bits per heavy atom. The van der Waals surface area contributed by atoms with Crippen LogP contribution in [0.25, 0.3) is 0 Å². The lowest BCUT2D eigenvalue weighted by Gasteiger charge is -2.03. The second-order valence-corrected chi connectivity index (χ2v) is 4.07. The molecule has 76 valence electrons. The lowest BCUT2D eigenvalue weighted by Crippen LogP contribution is -2.00. The molecule has 0 aliphatic carbocycles. The van der Waals surface area contributed by atoms with E-state index in [-0.39, 0.29) is 12.2 Å². The minimum absolute atomic E-state index is 0.0580. The van der Waals surface area contributed by atoms with Crippen molar-refractivity contribution in [3.05, 3.63) is 29.6 Å². The highest BCUT2D eigenvalue weighted by atomic mass is 32.2. The maximum absolute atomic E-state index is 13.1. The summed E-state index contributed by atoms with van der Waals surface area (Å²) in [7, 11) is 0. The van der Waals surface area contributed by atoms with Gasteiger partial charge < -0.3 is 5.11 Å². The lowest BCUT2D eigenvalue weighted by atomic mass is 10.1. The lowest BCUT2D eigenvalue weighted by molar-refractivity contribution is -0.136. The van der Waals surface area contributed by atoms with Gasteiger partial charge in [-0.1, -0.05) is 13.0 Å². The molecule has 14 heavy (non-hydrogen) atoms. The molecule has 4 heteroatoms. The van der Waals surface area contributed by atoms with Gasteiger partial charge in [-0.05, 0) is 23.4 Å². The molecule has 0 saturated carbocycles. The largest absolute Gasteiger partial charge is 0.481 e. The first-order chi connectivity index (χ1) is 6.63. The van der Waals surface area contributed by atoms with Crippen LogP contribution in [-0.4, -0.2) is 16.8 Å². The Balaban J connectivity index is 2.88. The summed E-state index contributed by atoms with van der Waals surface area (Å²) in [6.45, 7) is 1.92. The van der Waals surface area contributed by atoms with E-state index >= 15 is 0 Å². The number of rotatable bonds is 4. The van der Waals surface area contributed by atoms with Crippen molar-refractivity contribution >= 4 is 17.7 Å². The van der Waals surface area contributed by atoms with E-state index in [2.05, 4.69) is 0 Å². The normalized spacial score (nSPS) is 10.1. The number of hydrogen-bond acceptors (Lipinski definition) is 2. The minimum atomic E-state index is -0.899. The van der Waals surface area contributed by atoms with Crippen LogP contribution in [0.15, 0.2) is 23.1 Å². The van der Waals surface area contributed by atoms with Gasteiger partial charge in [-0.15, -0.1) is 11.8 Å². The molecule has 2 nitrogen and oxygen atoms in total. The van der Waals surface area contributed by atoms with Crippen molar-refractivity contribution in [1.82, 2.24) is 0 Å². The molecule has 0 radical (unpaired) electrons. The predicted octanol–water partition coefficient (Wildman–Crippen LogP) is 2.56. The average Bonchev–Trinajstić information content (AvgIpc) is 2.10. The van der Waals surface area contributed by atoms with Gasteiger partial charge >= 0.3 is 5.97 Å². The molecule has 1 aromatic rings. The molecule has 0 aliphatic heterocycles. The van der Waals surface area contributed by atoms with Crippen LogP contribution in [0, 0.1) is 5.82 Å². The molecule has 0 aliphatic rings. The smallest absolute Gasteiger partial charge is 0.307 e. The molecule has 0 aromatic heterocycles. The van der Waals surface area contributed by atoms with Gasteiger partial charge in [0.15, 0.2) is 0 Å². The van der Waals surface area contributed by atoms with Crippen LogP contribution in [0.5, 0.6) is 0 Å². The summed E-state index contributed by atoms with van der Waals surface area (Å²) < 4.78 is 13.1. The van der Waals surface area contributed by atoms with Crippen molar-refractivity contribution in [3.8, 4) is 0 Å². The third-order valence-electron chi connectivity index (χ3n) is 1.65. The highest BCUT2D eigenvalue weighted by Gasteiger charge is 2.05. The Bertz CT molecular complexity index is 339. The fourth-order valence-electron chi connectivity index (χ4n) is 1.10. The summed E-state index contributed by atoms with van der Waals surface area (Å²) in [5.74, 6) is -0.414. The van der Waals surface area contributed by atoms with Crippen molar-refractivity contribution in [2.45, 2.75) is 18.2 Å². The first-order valence-electron chi connectivity index (χ1n) is 4.26. The fourth-order valence-corrected chi connectivity index (χ4v) is 1.85. The van der Waals surface area contributed by atoms with Crippen LogP contribution in [0.3, 0.4) is 0 Å². The van der Waals surface area contributed by atoms with Gasteiger partial charge in [0, 0.05) is 4.90 Å². The molecule has 0 unspecified atom stereocenters. The Morgan fingerprint density at radius 3 is 2.86 bits per heavy atom. The summed E-state index contributed by atoms with van der Waals surface area (Å²) in [6.07, 6.45) is -0.0580. The number of carbonyl (C=O) groups is 1. The number of halogens is 1.